The first-order valence-corrected chi connectivity index (χ1v) is 10.6. The molecule has 2 amide bonds. The molecule has 0 spiro atoms. The van der Waals surface area contributed by atoms with Crippen molar-refractivity contribution in [1.29, 1.82) is 0 Å². The van der Waals surface area contributed by atoms with E-state index in [0.29, 0.717) is 16.8 Å². The zero-order valence-corrected chi connectivity index (χ0v) is 16.1. The lowest BCUT2D eigenvalue weighted by atomic mass is 10.1. The molecule has 3 rings (SSSR count). The number of benzene rings is 2. The van der Waals surface area contributed by atoms with Crippen LogP contribution in [0.5, 0.6) is 0 Å². The van der Waals surface area contributed by atoms with E-state index in [1.807, 2.05) is 24.3 Å². The van der Waals surface area contributed by atoms with E-state index in [4.69, 9.17) is 0 Å². The molecule has 1 aliphatic carbocycles. The lowest BCUT2D eigenvalue weighted by Crippen LogP contribution is -2.24. The Balaban J connectivity index is 1.68. The van der Waals surface area contributed by atoms with Crippen LogP contribution in [0, 0.1) is 12.8 Å². The number of aryl methyl sites for hydroxylation is 1. The summed E-state index contributed by atoms with van der Waals surface area (Å²) in [5, 5.41) is 5.68. The fourth-order valence-electron chi connectivity index (χ4n) is 2.70. The van der Waals surface area contributed by atoms with Crippen LogP contribution in [-0.2, 0) is 21.2 Å². The van der Waals surface area contributed by atoms with Crippen LogP contribution >= 0.6 is 0 Å². The summed E-state index contributed by atoms with van der Waals surface area (Å²) in [6.45, 7) is 2.03. The third-order valence-corrected chi connectivity index (χ3v) is 5.59. The molecule has 6 nitrogen and oxygen atoms in total. The standard InChI is InChI=1S/C20H22N2O4S/c1-13-6-9-17(27(2,25)26)11-18(13)20(24)21-12-14-4-3-5-16(10-14)22-19(23)15-7-8-15/h3-6,9-11,15H,7-8,12H2,1-2H3,(H,21,24)(H,22,23). The minimum Gasteiger partial charge on any atom is -0.348 e. The molecular weight excluding hydrogens is 364 g/mol. The van der Waals surface area contributed by atoms with E-state index in [9.17, 15) is 18.0 Å². The van der Waals surface area contributed by atoms with E-state index >= 15 is 0 Å². The Bertz CT molecular complexity index is 995. The number of rotatable bonds is 6. The SMILES string of the molecule is Cc1ccc(S(C)(=O)=O)cc1C(=O)NCc1cccc(NC(=O)C2CC2)c1. The maximum Gasteiger partial charge on any atom is 0.251 e. The Labute approximate surface area is 158 Å². The van der Waals surface area contributed by atoms with Gasteiger partial charge < -0.3 is 10.6 Å². The van der Waals surface area contributed by atoms with Crippen LogP contribution in [0.1, 0.15) is 34.3 Å². The van der Waals surface area contributed by atoms with E-state index in [2.05, 4.69) is 10.6 Å². The molecule has 0 atom stereocenters. The first kappa shape index (κ1) is 19.1. The van der Waals surface area contributed by atoms with Crippen LogP contribution < -0.4 is 10.6 Å². The summed E-state index contributed by atoms with van der Waals surface area (Å²) in [5.74, 6) is -0.187. The molecule has 2 N–H and O–H groups in total. The summed E-state index contributed by atoms with van der Waals surface area (Å²) in [6, 6.07) is 11.8. The van der Waals surface area contributed by atoms with Crippen molar-refractivity contribution in [3.63, 3.8) is 0 Å². The number of hydrogen-bond acceptors (Lipinski definition) is 4. The van der Waals surface area contributed by atoms with Crippen molar-refractivity contribution >= 4 is 27.3 Å². The quantitative estimate of drug-likeness (QED) is 0.798. The zero-order valence-electron chi connectivity index (χ0n) is 15.3. The molecule has 0 aromatic heterocycles. The third kappa shape index (κ3) is 4.95. The molecule has 2 aromatic rings. The normalized spacial score (nSPS) is 13.9. The fraction of sp³-hybridized carbons (Fsp3) is 0.300. The van der Waals surface area contributed by atoms with Crippen molar-refractivity contribution < 1.29 is 18.0 Å². The largest absolute Gasteiger partial charge is 0.348 e. The summed E-state index contributed by atoms with van der Waals surface area (Å²) >= 11 is 0. The molecular formula is C20H22N2O4S. The second kappa shape index (κ2) is 7.52. The number of hydrogen-bond donors (Lipinski definition) is 2. The number of nitrogens with one attached hydrogen (secondary N) is 2. The minimum atomic E-state index is -3.38. The third-order valence-electron chi connectivity index (χ3n) is 4.48. The molecule has 1 fully saturated rings. The second-order valence-electron chi connectivity index (χ2n) is 6.90. The maximum atomic E-state index is 12.5. The van der Waals surface area contributed by atoms with Crippen molar-refractivity contribution in [2.75, 3.05) is 11.6 Å². The van der Waals surface area contributed by atoms with E-state index in [1.54, 1.807) is 13.0 Å². The molecule has 27 heavy (non-hydrogen) atoms. The van der Waals surface area contributed by atoms with E-state index in [1.165, 1.54) is 12.1 Å². The first-order valence-electron chi connectivity index (χ1n) is 8.73. The predicted molar refractivity (Wildman–Crippen MR) is 103 cm³/mol. The highest BCUT2D eigenvalue weighted by molar-refractivity contribution is 7.90. The van der Waals surface area contributed by atoms with Gasteiger partial charge in [-0.15, -0.1) is 0 Å². The summed E-state index contributed by atoms with van der Waals surface area (Å²) in [5.41, 5.74) is 2.57. The van der Waals surface area contributed by atoms with Gasteiger partial charge in [0.25, 0.3) is 5.91 Å². The molecule has 0 unspecified atom stereocenters. The van der Waals surface area contributed by atoms with E-state index in [-0.39, 0.29) is 29.2 Å². The summed E-state index contributed by atoms with van der Waals surface area (Å²) in [4.78, 5) is 24.5. The predicted octanol–water partition coefficient (Wildman–Crippen LogP) is 2.68. The van der Waals surface area contributed by atoms with Crippen molar-refractivity contribution in [3.8, 4) is 0 Å². The topological polar surface area (TPSA) is 92.3 Å². The lowest BCUT2D eigenvalue weighted by molar-refractivity contribution is -0.117. The van der Waals surface area contributed by atoms with Gasteiger partial charge in [0, 0.05) is 30.0 Å². The second-order valence-corrected chi connectivity index (χ2v) is 8.91. The highest BCUT2D eigenvalue weighted by Gasteiger charge is 2.29. The number of carbonyl (C=O) groups excluding carboxylic acids is 2. The van der Waals surface area contributed by atoms with E-state index < -0.39 is 9.84 Å². The number of amides is 2. The van der Waals surface area contributed by atoms with Crippen LogP contribution in [0.3, 0.4) is 0 Å². The molecule has 1 saturated carbocycles. The van der Waals surface area contributed by atoms with Crippen molar-refractivity contribution in [1.82, 2.24) is 5.32 Å². The summed E-state index contributed by atoms with van der Waals surface area (Å²) < 4.78 is 23.4. The van der Waals surface area contributed by atoms with Crippen LogP contribution in [-0.4, -0.2) is 26.5 Å². The highest BCUT2D eigenvalue weighted by atomic mass is 32.2. The van der Waals surface area contributed by atoms with Crippen LogP contribution in [0.2, 0.25) is 0 Å². The van der Waals surface area contributed by atoms with Crippen LogP contribution in [0.4, 0.5) is 5.69 Å². The highest BCUT2D eigenvalue weighted by Crippen LogP contribution is 2.30. The van der Waals surface area contributed by atoms with Gasteiger partial charge in [-0.2, -0.15) is 0 Å². The van der Waals surface area contributed by atoms with E-state index in [0.717, 1.165) is 24.7 Å². The van der Waals surface area contributed by atoms with Gasteiger partial charge in [-0.3, -0.25) is 9.59 Å². The van der Waals surface area contributed by atoms with Gasteiger partial charge >= 0.3 is 0 Å². The van der Waals surface area contributed by atoms with Crippen molar-refractivity contribution in [3.05, 3.63) is 59.2 Å². The monoisotopic (exact) mass is 386 g/mol. The van der Waals surface area contributed by atoms with Gasteiger partial charge in [0.05, 0.1) is 4.90 Å². The maximum absolute atomic E-state index is 12.5. The molecule has 2 aromatic carbocycles. The Morgan fingerprint density at radius 3 is 2.52 bits per heavy atom. The van der Waals surface area contributed by atoms with Gasteiger partial charge in [-0.1, -0.05) is 18.2 Å². The Morgan fingerprint density at radius 2 is 1.85 bits per heavy atom. The fourth-order valence-corrected chi connectivity index (χ4v) is 3.35. The Kier molecular flexibility index (Phi) is 5.32. The van der Waals surface area contributed by atoms with Gasteiger partial charge in [0.1, 0.15) is 0 Å². The smallest absolute Gasteiger partial charge is 0.251 e. The van der Waals surface area contributed by atoms with Crippen molar-refractivity contribution in [2.45, 2.75) is 31.2 Å². The summed E-state index contributed by atoms with van der Waals surface area (Å²) in [7, 11) is -3.38. The molecule has 1 aliphatic rings. The Morgan fingerprint density at radius 1 is 1.11 bits per heavy atom. The molecule has 0 heterocycles. The van der Waals surface area contributed by atoms with Crippen LogP contribution in [0.25, 0.3) is 0 Å². The number of carbonyl (C=O) groups is 2. The molecule has 0 saturated heterocycles. The molecule has 0 bridgehead atoms. The number of sulfone groups is 1. The average molecular weight is 386 g/mol. The minimum absolute atomic E-state index is 0.0319. The molecule has 7 heteroatoms. The van der Waals surface area contributed by atoms with Gasteiger partial charge in [-0.05, 0) is 55.2 Å². The lowest BCUT2D eigenvalue weighted by Gasteiger charge is -2.11. The van der Waals surface area contributed by atoms with Gasteiger partial charge in [-0.25, -0.2) is 8.42 Å². The van der Waals surface area contributed by atoms with Gasteiger partial charge in [0.2, 0.25) is 5.91 Å². The van der Waals surface area contributed by atoms with Gasteiger partial charge in [0.15, 0.2) is 9.84 Å². The Hall–Kier alpha value is -2.67. The molecule has 0 radical (unpaired) electrons. The van der Waals surface area contributed by atoms with Crippen molar-refractivity contribution in [2.24, 2.45) is 5.92 Å². The van der Waals surface area contributed by atoms with Crippen LogP contribution in [0.15, 0.2) is 47.4 Å². The number of anilines is 1. The average Bonchev–Trinajstić information content (AvgIpc) is 3.44. The first-order chi connectivity index (χ1) is 12.7. The molecule has 0 aliphatic heterocycles. The molecule has 142 valence electrons. The summed E-state index contributed by atoms with van der Waals surface area (Å²) in [6.07, 6.45) is 2.99. The zero-order chi connectivity index (χ0) is 19.6.